The van der Waals surface area contributed by atoms with Gasteiger partial charge >= 0.3 is 12.1 Å². The van der Waals surface area contributed by atoms with Gasteiger partial charge in [0.1, 0.15) is 24.3 Å². The predicted octanol–water partition coefficient (Wildman–Crippen LogP) is 6.09. The number of ether oxygens (including phenoxy) is 1. The molecule has 0 spiro atoms. The van der Waals surface area contributed by atoms with Crippen LogP contribution in [0.3, 0.4) is 0 Å². The average molecular weight is 500 g/mol. The van der Waals surface area contributed by atoms with Crippen LogP contribution in [-0.2, 0) is 9.53 Å². The molecule has 0 radical (unpaired) electrons. The van der Waals surface area contributed by atoms with Gasteiger partial charge in [-0.1, -0.05) is 72.8 Å². The van der Waals surface area contributed by atoms with E-state index in [1.54, 1.807) is 0 Å². The van der Waals surface area contributed by atoms with Crippen molar-refractivity contribution in [2.24, 2.45) is 0 Å². The third-order valence-electron chi connectivity index (χ3n) is 6.67. The second-order valence-corrected chi connectivity index (χ2v) is 8.87. The Hall–Kier alpha value is -4.52. The van der Waals surface area contributed by atoms with E-state index in [4.69, 9.17) is 4.74 Å². The van der Waals surface area contributed by atoms with Crippen LogP contribution in [0.15, 0.2) is 97.1 Å². The van der Waals surface area contributed by atoms with Crippen LogP contribution in [0.1, 0.15) is 34.1 Å². The van der Waals surface area contributed by atoms with Gasteiger partial charge in [0.05, 0.1) is 0 Å². The van der Waals surface area contributed by atoms with E-state index in [0.29, 0.717) is 11.1 Å². The summed E-state index contributed by atoms with van der Waals surface area (Å²) in [6.07, 6.45) is -0.900. The molecule has 37 heavy (non-hydrogen) atoms. The number of hydrogen-bond acceptors (Lipinski definition) is 3. The molecule has 0 saturated carbocycles. The number of benzene rings is 4. The lowest BCUT2D eigenvalue weighted by Gasteiger charge is -2.26. The number of halogens is 2. The number of aliphatic carboxylic acids is 1. The molecule has 186 valence electrons. The predicted molar refractivity (Wildman–Crippen MR) is 134 cm³/mol. The van der Waals surface area contributed by atoms with Gasteiger partial charge in [-0.3, -0.25) is 0 Å². The van der Waals surface area contributed by atoms with Crippen LogP contribution in [0.4, 0.5) is 13.6 Å². The maximum atomic E-state index is 13.6. The Morgan fingerprint density at radius 3 is 1.68 bits per heavy atom. The number of carboxylic acids is 1. The summed E-state index contributed by atoms with van der Waals surface area (Å²) in [5.74, 6) is -3.39. The molecule has 0 heterocycles. The molecule has 7 heteroatoms. The molecule has 2 N–H and O–H groups in total. The van der Waals surface area contributed by atoms with Crippen LogP contribution < -0.4 is 5.32 Å². The van der Waals surface area contributed by atoms with Gasteiger partial charge in [-0.15, -0.1) is 0 Å². The summed E-state index contributed by atoms with van der Waals surface area (Å²) in [4.78, 5) is 25.2. The summed E-state index contributed by atoms with van der Waals surface area (Å²) in [6, 6.07) is 24.9. The van der Waals surface area contributed by atoms with Gasteiger partial charge in [0.2, 0.25) is 0 Å². The topological polar surface area (TPSA) is 75.6 Å². The number of nitrogens with one attached hydrogen (secondary N) is 1. The average Bonchev–Trinajstić information content (AvgIpc) is 3.22. The minimum absolute atomic E-state index is 0.0178. The highest BCUT2D eigenvalue weighted by atomic mass is 19.1. The minimum Gasteiger partial charge on any atom is -0.480 e. The van der Waals surface area contributed by atoms with Gasteiger partial charge in [0, 0.05) is 11.8 Å². The van der Waals surface area contributed by atoms with Crippen LogP contribution in [-0.4, -0.2) is 29.8 Å². The van der Waals surface area contributed by atoms with Crippen LogP contribution in [0.2, 0.25) is 0 Å². The molecule has 1 aliphatic rings. The highest BCUT2D eigenvalue weighted by Gasteiger charge is 2.34. The lowest BCUT2D eigenvalue weighted by atomic mass is 9.85. The number of fused-ring (bicyclic) bond motifs is 3. The Morgan fingerprint density at radius 2 is 1.22 bits per heavy atom. The lowest BCUT2D eigenvalue weighted by molar-refractivity contribution is -0.139. The standard InChI is InChI=1S/C30H23F2NO4/c31-20-13-9-18(10-14-20)27(19-11-15-21(32)16-12-19)28(29(34)35)33-30(36)37-17-26-24-7-3-1-5-22(24)23-6-2-4-8-25(23)26/h1-16,26-28H,17H2,(H,33,36)(H,34,35). The van der Waals surface area contributed by atoms with E-state index in [-0.39, 0.29) is 12.5 Å². The molecule has 0 saturated heterocycles. The van der Waals surface area contributed by atoms with Crippen molar-refractivity contribution in [3.8, 4) is 11.1 Å². The summed E-state index contributed by atoms with van der Waals surface area (Å²) in [7, 11) is 0. The van der Waals surface area contributed by atoms with Crippen molar-refractivity contribution < 1.29 is 28.2 Å². The van der Waals surface area contributed by atoms with E-state index in [1.807, 2.05) is 48.5 Å². The maximum Gasteiger partial charge on any atom is 0.407 e. The van der Waals surface area contributed by atoms with E-state index in [0.717, 1.165) is 22.3 Å². The number of amides is 1. The Kier molecular flexibility index (Phi) is 6.68. The number of alkyl carbamates (subject to hydrolysis) is 1. The van der Waals surface area contributed by atoms with Crippen molar-refractivity contribution in [2.75, 3.05) is 6.61 Å². The van der Waals surface area contributed by atoms with Crippen molar-refractivity contribution >= 4 is 12.1 Å². The summed E-state index contributed by atoms with van der Waals surface area (Å²) >= 11 is 0. The van der Waals surface area contributed by atoms with Gasteiger partial charge in [0.15, 0.2) is 0 Å². The van der Waals surface area contributed by atoms with Crippen molar-refractivity contribution in [2.45, 2.75) is 17.9 Å². The molecule has 1 aliphatic carbocycles. The summed E-state index contributed by atoms with van der Waals surface area (Å²) in [6.45, 7) is 0.0178. The molecule has 1 amide bonds. The number of carbonyl (C=O) groups is 2. The molecule has 4 aromatic carbocycles. The lowest BCUT2D eigenvalue weighted by Crippen LogP contribution is -2.45. The monoisotopic (exact) mass is 499 g/mol. The van der Waals surface area contributed by atoms with Gasteiger partial charge in [-0.05, 0) is 57.6 Å². The molecule has 1 unspecified atom stereocenters. The van der Waals surface area contributed by atoms with Crippen molar-refractivity contribution in [3.05, 3.63) is 131 Å². The van der Waals surface area contributed by atoms with Gasteiger partial charge in [-0.25, -0.2) is 18.4 Å². The number of carbonyl (C=O) groups excluding carboxylic acids is 1. The molecule has 5 nitrogen and oxygen atoms in total. The van der Waals surface area contributed by atoms with E-state index < -0.39 is 35.7 Å². The Balaban J connectivity index is 1.38. The fraction of sp³-hybridized carbons (Fsp3) is 0.133. The highest BCUT2D eigenvalue weighted by molar-refractivity contribution is 5.82. The van der Waals surface area contributed by atoms with Crippen LogP contribution in [0.5, 0.6) is 0 Å². The zero-order valence-electron chi connectivity index (χ0n) is 19.6. The zero-order chi connectivity index (χ0) is 25.9. The molecule has 0 bridgehead atoms. The molecular weight excluding hydrogens is 476 g/mol. The second kappa shape index (κ2) is 10.2. The van der Waals surface area contributed by atoms with Crippen LogP contribution >= 0.6 is 0 Å². The Bertz CT molecular complexity index is 1350. The highest BCUT2D eigenvalue weighted by Crippen LogP contribution is 2.44. The third kappa shape index (κ3) is 4.93. The fourth-order valence-corrected chi connectivity index (χ4v) is 4.97. The SMILES string of the molecule is O=C(NC(C(=O)O)C(c1ccc(F)cc1)c1ccc(F)cc1)OCC1c2ccccc2-c2ccccc21. The normalized spacial score (nSPS) is 13.1. The number of hydrogen-bond donors (Lipinski definition) is 2. The molecule has 5 rings (SSSR count). The quantitative estimate of drug-likeness (QED) is 0.323. The van der Waals surface area contributed by atoms with Gasteiger partial charge in [0.25, 0.3) is 0 Å². The first-order valence-electron chi connectivity index (χ1n) is 11.8. The molecule has 0 aliphatic heterocycles. The molecule has 4 aromatic rings. The Morgan fingerprint density at radius 1 is 0.757 bits per heavy atom. The van der Waals surface area contributed by atoms with Crippen LogP contribution in [0.25, 0.3) is 11.1 Å². The van der Waals surface area contributed by atoms with Gasteiger partial charge in [-0.2, -0.15) is 0 Å². The smallest absolute Gasteiger partial charge is 0.407 e. The van der Waals surface area contributed by atoms with Crippen molar-refractivity contribution in [3.63, 3.8) is 0 Å². The maximum absolute atomic E-state index is 13.6. The minimum atomic E-state index is -1.45. The molecule has 1 atom stereocenters. The van der Waals surface area contributed by atoms with E-state index in [9.17, 15) is 23.5 Å². The fourth-order valence-electron chi connectivity index (χ4n) is 4.97. The third-order valence-corrected chi connectivity index (χ3v) is 6.67. The van der Waals surface area contributed by atoms with Gasteiger partial charge < -0.3 is 15.2 Å². The Labute approximate surface area is 212 Å². The first kappa shape index (κ1) is 24.2. The second-order valence-electron chi connectivity index (χ2n) is 8.87. The molecule has 0 aromatic heterocycles. The summed E-state index contributed by atoms with van der Waals surface area (Å²) in [5, 5.41) is 12.5. The largest absolute Gasteiger partial charge is 0.480 e. The number of carboxylic acid groups (broad SMARTS) is 1. The molecular formula is C30H23F2NO4. The van der Waals surface area contributed by atoms with E-state index >= 15 is 0 Å². The number of rotatable bonds is 7. The first-order chi connectivity index (χ1) is 17.9. The van der Waals surface area contributed by atoms with Crippen LogP contribution in [0, 0.1) is 11.6 Å². The van der Waals surface area contributed by atoms with Crippen molar-refractivity contribution in [1.82, 2.24) is 5.32 Å². The van der Waals surface area contributed by atoms with E-state index in [1.165, 1.54) is 48.5 Å². The zero-order valence-corrected chi connectivity index (χ0v) is 19.6. The summed E-state index contributed by atoms with van der Waals surface area (Å²) in [5.41, 5.74) is 5.09. The molecule has 0 fully saturated rings. The van der Waals surface area contributed by atoms with Crippen molar-refractivity contribution in [1.29, 1.82) is 0 Å². The van der Waals surface area contributed by atoms with E-state index in [2.05, 4.69) is 5.32 Å². The first-order valence-corrected chi connectivity index (χ1v) is 11.8. The summed E-state index contributed by atoms with van der Waals surface area (Å²) < 4.78 is 32.7.